The van der Waals surface area contributed by atoms with Crippen LogP contribution in [-0.4, -0.2) is 55.5 Å². The summed E-state index contributed by atoms with van der Waals surface area (Å²) in [5, 5.41) is 14.4. The molecule has 6 rings (SSSR count). The number of aromatic carboxylic acids is 1. The summed E-state index contributed by atoms with van der Waals surface area (Å²) in [4.78, 5) is 18.7. The molecule has 0 amide bonds. The van der Waals surface area contributed by atoms with Gasteiger partial charge in [0.25, 0.3) is 0 Å². The Bertz CT molecular complexity index is 1400. The van der Waals surface area contributed by atoms with Gasteiger partial charge in [-0.25, -0.2) is 4.58 Å². The van der Waals surface area contributed by atoms with E-state index in [4.69, 9.17) is 4.98 Å². The van der Waals surface area contributed by atoms with Crippen LogP contribution in [0.5, 0.6) is 0 Å². The standard InChI is InChI=1S/C30H33N3O2Si/c1-20-16-21(30(34)35)19-31-29(20)28-24-10-8-22(32-12-4-5-13-32)17-26(24)36(2,3)27-18-23(9-11-25(27)28)33-14-6-7-15-33/h8-11,16-19H,4-7,12-15H2,1-3H3. The third kappa shape index (κ3) is 3.70. The lowest BCUT2D eigenvalue weighted by Crippen LogP contribution is -2.50. The monoisotopic (exact) mass is 495 g/mol. The van der Waals surface area contributed by atoms with E-state index >= 15 is 0 Å². The van der Waals surface area contributed by atoms with Crippen molar-refractivity contribution in [1.29, 1.82) is 0 Å². The number of carboxylic acid groups (broad SMARTS) is 1. The van der Waals surface area contributed by atoms with E-state index in [1.54, 1.807) is 6.07 Å². The van der Waals surface area contributed by atoms with Crippen LogP contribution < -0.4 is 15.2 Å². The van der Waals surface area contributed by atoms with Crippen LogP contribution in [0.25, 0.3) is 5.57 Å². The van der Waals surface area contributed by atoms with Crippen LogP contribution in [0.3, 0.4) is 0 Å². The Hall–Kier alpha value is -3.25. The number of rotatable bonds is 3. The van der Waals surface area contributed by atoms with E-state index in [-0.39, 0.29) is 5.56 Å². The minimum absolute atomic E-state index is 0.122. The highest BCUT2D eigenvalue weighted by Crippen LogP contribution is 2.42. The summed E-state index contributed by atoms with van der Waals surface area (Å²) in [6.45, 7) is 11.4. The fraction of sp³-hybridized carbons (Fsp3) is 0.367. The number of benzene rings is 1. The number of carbonyl (C=O) groups excluding carboxylic acids is 1. The first-order valence-electron chi connectivity index (χ1n) is 13.2. The van der Waals surface area contributed by atoms with Crippen molar-refractivity contribution in [2.24, 2.45) is 0 Å². The molecule has 2 saturated heterocycles. The van der Waals surface area contributed by atoms with Gasteiger partial charge in [0, 0.05) is 61.1 Å². The predicted octanol–water partition coefficient (Wildman–Crippen LogP) is 3.37. The molecule has 0 N–H and O–H groups in total. The molecule has 0 radical (unpaired) electrons. The average molecular weight is 496 g/mol. The van der Waals surface area contributed by atoms with Crippen molar-refractivity contribution in [3.8, 4) is 0 Å². The van der Waals surface area contributed by atoms with Gasteiger partial charge in [0.05, 0.1) is 11.7 Å². The normalized spacial score (nSPS) is 20.5. The van der Waals surface area contributed by atoms with Crippen molar-refractivity contribution in [2.75, 3.05) is 31.1 Å². The van der Waals surface area contributed by atoms with E-state index in [1.165, 1.54) is 64.8 Å². The molecular formula is C30H33N3O2Si. The molecule has 1 aromatic carbocycles. The van der Waals surface area contributed by atoms with Gasteiger partial charge in [-0.3, -0.25) is 4.98 Å². The number of aryl methyl sites for hydroxylation is 1. The Morgan fingerprint density at radius 1 is 1.06 bits per heavy atom. The maximum Gasteiger partial charge on any atom is 0.199 e. The fourth-order valence-electron chi connectivity index (χ4n) is 6.37. The molecule has 0 bridgehead atoms. The van der Waals surface area contributed by atoms with Crippen molar-refractivity contribution >= 4 is 36.2 Å². The first-order valence-corrected chi connectivity index (χ1v) is 16.2. The second kappa shape index (κ2) is 8.70. The smallest absolute Gasteiger partial charge is 0.199 e. The van der Waals surface area contributed by atoms with Crippen LogP contribution in [0.2, 0.25) is 13.1 Å². The molecule has 0 unspecified atom stereocenters. The second-order valence-corrected chi connectivity index (χ2v) is 15.4. The van der Waals surface area contributed by atoms with Crippen LogP contribution in [0, 0.1) is 6.92 Å². The third-order valence-corrected chi connectivity index (χ3v) is 11.9. The molecule has 4 heterocycles. The Morgan fingerprint density at radius 3 is 2.50 bits per heavy atom. The molecular weight excluding hydrogens is 462 g/mol. The summed E-state index contributed by atoms with van der Waals surface area (Å²) in [7, 11) is -2.02. The Labute approximate surface area is 214 Å². The number of hydrogen-bond donors (Lipinski definition) is 0. The molecule has 4 aliphatic rings. The molecule has 1 aromatic heterocycles. The zero-order valence-corrected chi connectivity index (χ0v) is 22.4. The van der Waals surface area contributed by atoms with Crippen LogP contribution in [0.15, 0.2) is 59.5 Å². The molecule has 5 nitrogen and oxygen atoms in total. The maximum absolute atomic E-state index is 11.5. The van der Waals surface area contributed by atoms with Crippen molar-refractivity contribution in [2.45, 2.75) is 45.7 Å². The number of pyridine rings is 1. The van der Waals surface area contributed by atoms with Crippen LogP contribution in [0.4, 0.5) is 5.69 Å². The van der Waals surface area contributed by atoms with Gasteiger partial charge in [-0.2, -0.15) is 0 Å². The van der Waals surface area contributed by atoms with E-state index in [2.05, 4.69) is 59.0 Å². The van der Waals surface area contributed by atoms with E-state index < -0.39 is 14.0 Å². The van der Waals surface area contributed by atoms with E-state index in [0.29, 0.717) is 0 Å². The van der Waals surface area contributed by atoms with Gasteiger partial charge >= 0.3 is 0 Å². The van der Waals surface area contributed by atoms with Gasteiger partial charge in [-0.15, -0.1) is 0 Å². The number of nitrogens with zero attached hydrogens (tertiary/aromatic N) is 3. The molecule has 2 fully saturated rings. The third-order valence-electron chi connectivity index (χ3n) is 8.38. The number of carbonyl (C=O) groups is 1. The lowest BCUT2D eigenvalue weighted by molar-refractivity contribution is -0.504. The highest BCUT2D eigenvalue weighted by molar-refractivity contribution is 6.98. The number of allylic oxidation sites excluding steroid dienone is 5. The summed E-state index contributed by atoms with van der Waals surface area (Å²) < 4.78 is 2.51. The summed E-state index contributed by atoms with van der Waals surface area (Å²) in [6.07, 6.45) is 13.5. The van der Waals surface area contributed by atoms with E-state index in [9.17, 15) is 9.90 Å². The summed E-state index contributed by atoms with van der Waals surface area (Å²) in [6, 6.07) is 8.70. The highest BCUT2D eigenvalue weighted by Gasteiger charge is 2.41. The van der Waals surface area contributed by atoms with Crippen LogP contribution >= 0.6 is 0 Å². The largest absolute Gasteiger partial charge is 0.545 e. The second-order valence-electron chi connectivity index (χ2n) is 11.0. The van der Waals surface area contributed by atoms with Crippen molar-refractivity contribution < 1.29 is 14.5 Å². The van der Waals surface area contributed by atoms with E-state index in [1.807, 2.05) is 6.92 Å². The minimum atomic E-state index is -2.02. The SMILES string of the molecule is Cc1cc(C(=O)[O-])cnc1C1=C2C=CC(=[N+]3CCCC3)C=C2[Si](C)(C)c2cc(N3CCCC3)ccc21. The first kappa shape index (κ1) is 23.2. The predicted molar refractivity (Wildman–Crippen MR) is 146 cm³/mol. The molecule has 0 spiro atoms. The fourth-order valence-corrected chi connectivity index (χ4v) is 9.44. The first-order chi connectivity index (χ1) is 17.3. The number of fused-ring (bicyclic) bond motifs is 2. The number of hydrogen-bond acceptors (Lipinski definition) is 4. The van der Waals surface area contributed by atoms with Crippen molar-refractivity contribution in [3.63, 3.8) is 0 Å². The van der Waals surface area contributed by atoms with Crippen molar-refractivity contribution in [3.05, 3.63) is 81.8 Å². The summed E-state index contributed by atoms with van der Waals surface area (Å²) >= 11 is 0. The minimum Gasteiger partial charge on any atom is -0.545 e. The topological polar surface area (TPSA) is 59.3 Å². The zero-order chi connectivity index (χ0) is 25.0. The molecule has 6 heteroatoms. The van der Waals surface area contributed by atoms with Crippen LogP contribution in [-0.2, 0) is 0 Å². The Balaban J connectivity index is 1.60. The molecule has 1 aliphatic carbocycles. The Kier molecular flexibility index (Phi) is 5.60. The molecule has 0 atom stereocenters. The molecule has 3 aliphatic heterocycles. The summed E-state index contributed by atoms with van der Waals surface area (Å²) in [5.74, 6) is -1.19. The van der Waals surface area contributed by atoms with Gasteiger partial charge in [0.15, 0.2) is 5.71 Å². The van der Waals surface area contributed by atoms with Crippen molar-refractivity contribution in [1.82, 2.24) is 4.98 Å². The summed E-state index contributed by atoms with van der Waals surface area (Å²) in [5.41, 5.74) is 8.09. The van der Waals surface area contributed by atoms with Gasteiger partial charge in [-0.05, 0) is 71.1 Å². The number of aromatic nitrogens is 1. The van der Waals surface area contributed by atoms with Gasteiger partial charge in [0.1, 0.15) is 21.2 Å². The van der Waals surface area contributed by atoms with E-state index in [0.717, 1.165) is 43.0 Å². The van der Waals surface area contributed by atoms with Gasteiger partial charge in [0.2, 0.25) is 0 Å². The Morgan fingerprint density at radius 2 is 1.81 bits per heavy atom. The number of anilines is 1. The number of carboxylic acids is 1. The lowest BCUT2D eigenvalue weighted by Gasteiger charge is -2.38. The highest BCUT2D eigenvalue weighted by atomic mass is 28.3. The lowest BCUT2D eigenvalue weighted by atomic mass is 9.90. The molecule has 0 saturated carbocycles. The van der Waals surface area contributed by atoms with Gasteiger partial charge < -0.3 is 14.8 Å². The molecule has 36 heavy (non-hydrogen) atoms. The zero-order valence-electron chi connectivity index (χ0n) is 21.4. The quantitative estimate of drug-likeness (QED) is 0.484. The average Bonchev–Trinajstić information content (AvgIpc) is 3.60. The molecule has 184 valence electrons. The molecule has 2 aromatic rings. The van der Waals surface area contributed by atoms with Crippen LogP contribution in [0.1, 0.15) is 52.9 Å². The maximum atomic E-state index is 11.5. The van der Waals surface area contributed by atoms with Gasteiger partial charge in [-0.1, -0.05) is 19.2 Å².